The van der Waals surface area contributed by atoms with Gasteiger partial charge in [0, 0.05) is 49.0 Å². The summed E-state index contributed by atoms with van der Waals surface area (Å²) in [6.07, 6.45) is -0.109. The number of aryl methyl sites for hydroxylation is 1. The molecule has 3 aromatic heterocycles. The minimum absolute atomic E-state index is 0.0770. The molecule has 3 atom stereocenters. The lowest BCUT2D eigenvalue weighted by atomic mass is 10.1. The Bertz CT molecular complexity index is 1480. The van der Waals surface area contributed by atoms with Crippen LogP contribution in [0.2, 0.25) is 0 Å². The first-order chi connectivity index (χ1) is 17.9. The summed E-state index contributed by atoms with van der Waals surface area (Å²) in [5, 5.41) is 6.33. The molecular formula is C26H22FN5O4S. The minimum Gasteiger partial charge on any atom is -0.474 e. The highest BCUT2D eigenvalue weighted by Crippen LogP contribution is 2.48. The van der Waals surface area contributed by atoms with Gasteiger partial charge < -0.3 is 14.4 Å². The third-order valence-corrected chi connectivity index (χ3v) is 7.40. The number of pyridine rings is 1. The van der Waals surface area contributed by atoms with Crippen molar-refractivity contribution in [2.45, 2.75) is 6.10 Å². The van der Waals surface area contributed by atoms with Crippen LogP contribution in [0.15, 0.2) is 53.4 Å². The van der Waals surface area contributed by atoms with Gasteiger partial charge in [0.15, 0.2) is 0 Å². The van der Waals surface area contributed by atoms with Gasteiger partial charge in [0.25, 0.3) is 5.91 Å². The lowest BCUT2D eigenvalue weighted by molar-refractivity contribution is 0.0598. The second kappa shape index (κ2) is 9.07. The molecule has 1 aromatic carbocycles. The molecule has 1 amide bonds. The van der Waals surface area contributed by atoms with Gasteiger partial charge in [0.1, 0.15) is 29.0 Å². The topological polar surface area (TPSA) is 99.4 Å². The van der Waals surface area contributed by atoms with Crippen molar-refractivity contribution in [3.05, 3.63) is 70.4 Å². The summed E-state index contributed by atoms with van der Waals surface area (Å²) in [4.78, 5) is 36.0. The molecule has 188 valence electrons. The van der Waals surface area contributed by atoms with E-state index < -0.39 is 5.97 Å². The molecule has 37 heavy (non-hydrogen) atoms. The van der Waals surface area contributed by atoms with E-state index in [2.05, 4.69) is 15.1 Å². The number of piperidine rings is 1. The van der Waals surface area contributed by atoms with Crippen molar-refractivity contribution in [1.29, 1.82) is 0 Å². The van der Waals surface area contributed by atoms with Gasteiger partial charge in [-0.05, 0) is 36.4 Å². The average molecular weight is 520 g/mol. The van der Waals surface area contributed by atoms with Gasteiger partial charge in [-0.3, -0.25) is 9.48 Å². The fourth-order valence-corrected chi connectivity index (χ4v) is 5.36. The molecule has 1 aliphatic heterocycles. The standard InChI is InChI=1S/C26H22FN5O4S/c1-31-22(9-20(30-31)21-12-37-13-28-21)25(33)32-10-17-18(11-32)24(17)36-23-8-15(26(34)35-2)7-19(29-23)14-3-5-16(27)6-4-14/h3-9,12-13,17-18,24H,10-11H2,1-2H3/t17-,18+,24-. The fraction of sp³-hybridized carbons (Fsp3) is 0.269. The maximum absolute atomic E-state index is 13.4. The third-order valence-electron chi connectivity index (χ3n) is 6.82. The number of rotatable bonds is 6. The van der Waals surface area contributed by atoms with Crippen LogP contribution in [-0.2, 0) is 11.8 Å². The smallest absolute Gasteiger partial charge is 0.338 e. The van der Waals surface area contributed by atoms with E-state index in [4.69, 9.17) is 9.47 Å². The van der Waals surface area contributed by atoms with Gasteiger partial charge in [-0.15, -0.1) is 11.3 Å². The lowest BCUT2D eigenvalue weighted by Crippen LogP contribution is -2.34. The molecule has 1 saturated carbocycles. The number of benzene rings is 1. The summed E-state index contributed by atoms with van der Waals surface area (Å²) >= 11 is 1.48. The molecule has 1 aliphatic carbocycles. The van der Waals surface area contributed by atoms with E-state index >= 15 is 0 Å². The Labute approximate surface area is 215 Å². The number of likely N-dealkylation sites (tertiary alicyclic amines) is 1. The maximum atomic E-state index is 13.4. The number of esters is 1. The molecule has 4 aromatic rings. The Hall–Kier alpha value is -4.12. The van der Waals surface area contributed by atoms with E-state index in [0.717, 1.165) is 5.69 Å². The fourth-order valence-electron chi connectivity index (χ4n) is 4.82. The van der Waals surface area contributed by atoms with Crippen LogP contribution in [0.4, 0.5) is 4.39 Å². The van der Waals surface area contributed by atoms with Crippen LogP contribution in [0, 0.1) is 17.7 Å². The number of ether oxygens (including phenoxy) is 2. The molecule has 0 radical (unpaired) electrons. The molecule has 9 nitrogen and oxygen atoms in total. The summed E-state index contributed by atoms with van der Waals surface area (Å²) in [5.41, 5.74) is 5.09. The summed E-state index contributed by atoms with van der Waals surface area (Å²) in [6.45, 7) is 1.12. The second-order valence-corrected chi connectivity index (χ2v) is 9.83. The molecule has 4 heterocycles. The van der Waals surface area contributed by atoms with E-state index in [1.165, 1.54) is 30.6 Å². The Kier molecular flexibility index (Phi) is 5.71. The molecule has 6 rings (SSSR count). The Morgan fingerprint density at radius 1 is 1.05 bits per heavy atom. The quantitative estimate of drug-likeness (QED) is 0.358. The van der Waals surface area contributed by atoms with Crippen molar-refractivity contribution >= 4 is 23.2 Å². The van der Waals surface area contributed by atoms with Gasteiger partial charge >= 0.3 is 5.97 Å². The molecule has 0 N–H and O–H groups in total. The van der Waals surface area contributed by atoms with Crippen molar-refractivity contribution in [3.8, 4) is 28.5 Å². The number of carbonyl (C=O) groups excluding carboxylic acids is 2. The first kappa shape index (κ1) is 23.3. The number of amides is 1. The van der Waals surface area contributed by atoms with Gasteiger partial charge in [-0.1, -0.05) is 0 Å². The molecule has 0 unspecified atom stereocenters. The normalized spacial score (nSPS) is 20.0. The highest BCUT2D eigenvalue weighted by Gasteiger charge is 2.59. The number of halogens is 1. The summed E-state index contributed by atoms with van der Waals surface area (Å²) in [5.74, 6) is -0.316. The zero-order valence-electron chi connectivity index (χ0n) is 20.0. The van der Waals surface area contributed by atoms with Crippen molar-refractivity contribution < 1.29 is 23.5 Å². The molecule has 2 fully saturated rings. The van der Waals surface area contributed by atoms with Crippen molar-refractivity contribution in [1.82, 2.24) is 24.6 Å². The number of methoxy groups -OCH3 is 1. The summed E-state index contributed by atoms with van der Waals surface area (Å²) in [6, 6.07) is 10.8. The highest BCUT2D eigenvalue weighted by atomic mass is 32.1. The third kappa shape index (κ3) is 4.35. The largest absolute Gasteiger partial charge is 0.474 e. The van der Waals surface area contributed by atoms with Crippen LogP contribution in [0.1, 0.15) is 20.8 Å². The van der Waals surface area contributed by atoms with Crippen LogP contribution >= 0.6 is 11.3 Å². The number of thiazole rings is 1. The van der Waals surface area contributed by atoms with E-state index in [1.54, 1.807) is 47.6 Å². The number of aromatic nitrogens is 4. The van der Waals surface area contributed by atoms with Crippen LogP contribution < -0.4 is 4.74 Å². The number of hydrogen-bond acceptors (Lipinski definition) is 8. The molecule has 11 heteroatoms. The van der Waals surface area contributed by atoms with Crippen LogP contribution in [-0.4, -0.2) is 62.8 Å². The maximum Gasteiger partial charge on any atom is 0.338 e. The van der Waals surface area contributed by atoms with Gasteiger partial charge in [0.2, 0.25) is 5.88 Å². The molecule has 0 bridgehead atoms. The monoisotopic (exact) mass is 519 g/mol. The zero-order chi connectivity index (χ0) is 25.7. The Balaban J connectivity index is 1.15. The number of fused-ring (bicyclic) bond motifs is 1. The second-order valence-electron chi connectivity index (χ2n) is 9.11. The van der Waals surface area contributed by atoms with Gasteiger partial charge in [-0.25, -0.2) is 19.2 Å². The Morgan fingerprint density at radius 3 is 2.49 bits per heavy atom. The minimum atomic E-state index is -0.517. The van der Waals surface area contributed by atoms with Crippen LogP contribution in [0.5, 0.6) is 5.88 Å². The average Bonchev–Trinajstić information content (AvgIpc) is 3.41. The molecule has 0 spiro atoms. The Morgan fingerprint density at radius 2 is 1.81 bits per heavy atom. The number of carbonyl (C=O) groups is 2. The molecule has 2 aliphatic rings. The predicted octanol–water partition coefficient (Wildman–Crippen LogP) is 3.68. The summed E-state index contributed by atoms with van der Waals surface area (Å²) in [7, 11) is 3.06. The van der Waals surface area contributed by atoms with Crippen molar-refractivity contribution in [3.63, 3.8) is 0 Å². The zero-order valence-corrected chi connectivity index (χ0v) is 20.8. The number of hydrogen-bond donors (Lipinski definition) is 0. The van der Waals surface area contributed by atoms with Crippen molar-refractivity contribution in [2.75, 3.05) is 20.2 Å². The first-order valence-electron chi connectivity index (χ1n) is 11.7. The van der Waals surface area contributed by atoms with E-state index in [9.17, 15) is 14.0 Å². The van der Waals surface area contributed by atoms with Crippen LogP contribution in [0.25, 0.3) is 22.6 Å². The highest BCUT2D eigenvalue weighted by molar-refractivity contribution is 7.07. The SMILES string of the molecule is COC(=O)c1cc(O[C@@H]2[C@@H]3CN(C(=O)c4cc(-c5cscn5)nn4C)C[C@@H]32)nc(-c2ccc(F)cc2)c1. The number of nitrogens with zero attached hydrogens (tertiary/aromatic N) is 5. The van der Waals surface area contributed by atoms with E-state index in [0.29, 0.717) is 47.2 Å². The molecule has 1 saturated heterocycles. The lowest BCUT2D eigenvalue weighted by Gasteiger charge is -2.20. The van der Waals surface area contributed by atoms with Crippen LogP contribution in [0.3, 0.4) is 0 Å². The molecular weight excluding hydrogens is 497 g/mol. The predicted molar refractivity (Wildman–Crippen MR) is 133 cm³/mol. The van der Waals surface area contributed by atoms with Gasteiger partial charge in [-0.2, -0.15) is 5.10 Å². The van der Waals surface area contributed by atoms with E-state index in [-0.39, 0.29) is 29.7 Å². The van der Waals surface area contributed by atoms with Gasteiger partial charge in [0.05, 0.1) is 23.9 Å². The first-order valence-corrected chi connectivity index (χ1v) is 12.6. The summed E-state index contributed by atoms with van der Waals surface area (Å²) < 4.78 is 26.0. The van der Waals surface area contributed by atoms with Crippen molar-refractivity contribution in [2.24, 2.45) is 18.9 Å². The van der Waals surface area contributed by atoms with E-state index in [1.807, 2.05) is 10.3 Å².